The molecule has 1 aliphatic rings. The maximum absolute atomic E-state index is 13.3. The standard InChI is InChI=1S/C13H13FN2O3S/c14-8-3-1-2-4-10(8)20-7-12(18)15-9-5-6-11(17)16-13(9)19/h1-4,9H,5-7H2,(H,15,18)(H,16,17,19). The van der Waals surface area contributed by atoms with Crippen LogP contribution in [-0.2, 0) is 14.4 Å². The van der Waals surface area contributed by atoms with Gasteiger partial charge < -0.3 is 5.32 Å². The number of carbonyl (C=O) groups excluding carboxylic acids is 3. The van der Waals surface area contributed by atoms with Crippen molar-refractivity contribution in [3.63, 3.8) is 0 Å². The number of piperidine rings is 1. The summed E-state index contributed by atoms with van der Waals surface area (Å²) in [6.07, 6.45) is 0.498. The van der Waals surface area contributed by atoms with Crippen LogP contribution in [0.5, 0.6) is 0 Å². The zero-order chi connectivity index (χ0) is 14.5. The smallest absolute Gasteiger partial charge is 0.249 e. The molecule has 0 bridgehead atoms. The molecule has 0 saturated carbocycles. The fraction of sp³-hybridized carbons (Fsp3) is 0.308. The second kappa shape index (κ2) is 6.51. The van der Waals surface area contributed by atoms with Crippen LogP contribution in [0.15, 0.2) is 29.2 Å². The molecule has 3 amide bonds. The molecule has 2 N–H and O–H groups in total. The van der Waals surface area contributed by atoms with Crippen LogP contribution in [0.4, 0.5) is 4.39 Å². The molecular weight excluding hydrogens is 283 g/mol. The normalized spacial score (nSPS) is 18.6. The highest BCUT2D eigenvalue weighted by Crippen LogP contribution is 2.20. The summed E-state index contributed by atoms with van der Waals surface area (Å²) in [7, 11) is 0. The molecule has 106 valence electrons. The van der Waals surface area contributed by atoms with Gasteiger partial charge in [0, 0.05) is 11.3 Å². The van der Waals surface area contributed by atoms with E-state index in [2.05, 4.69) is 10.6 Å². The summed E-state index contributed by atoms with van der Waals surface area (Å²) in [5, 5.41) is 4.69. The van der Waals surface area contributed by atoms with E-state index in [4.69, 9.17) is 0 Å². The maximum atomic E-state index is 13.3. The van der Waals surface area contributed by atoms with E-state index < -0.39 is 11.9 Å². The molecule has 1 aromatic carbocycles. The van der Waals surface area contributed by atoms with Gasteiger partial charge in [-0.2, -0.15) is 0 Å². The fourth-order valence-corrected chi connectivity index (χ4v) is 2.52. The van der Waals surface area contributed by atoms with Crippen molar-refractivity contribution >= 4 is 29.5 Å². The Kier molecular flexibility index (Phi) is 4.73. The Morgan fingerprint density at radius 2 is 2.15 bits per heavy atom. The largest absolute Gasteiger partial charge is 0.344 e. The molecule has 7 heteroatoms. The van der Waals surface area contributed by atoms with Crippen LogP contribution < -0.4 is 10.6 Å². The molecular formula is C13H13FN2O3S. The van der Waals surface area contributed by atoms with Gasteiger partial charge in [0.15, 0.2) is 0 Å². The van der Waals surface area contributed by atoms with E-state index in [0.717, 1.165) is 11.8 Å². The minimum atomic E-state index is -0.693. The summed E-state index contributed by atoms with van der Waals surface area (Å²) < 4.78 is 13.3. The van der Waals surface area contributed by atoms with Crippen LogP contribution in [0.3, 0.4) is 0 Å². The lowest BCUT2D eigenvalue weighted by atomic mass is 10.1. The second-order valence-corrected chi connectivity index (χ2v) is 5.31. The summed E-state index contributed by atoms with van der Waals surface area (Å²) in [5.74, 6) is -1.57. The number of carbonyl (C=O) groups is 3. The molecule has 1 unspecified atom stereocenters. The highest BCUT2D eigenvalue weighted by molar-refractivity contribution is 8.00. The number of thioether (sulfide) groups is 1. The molecule has 0 aromatic heterocycles. The maximum Gasteiger partial charge on any atom is 0.249 e. The number of hydrogen-bond acceptors (Lipinski definition) is 4. The number of imide groups is 1. The quantitative estimate of drug-likeness (QED) is 0.638. The van der Waals surface area contributed by atoms with Crippen LogP contribution in [-0.4, -0.2) is 29.5 Å². The van der Waals surface area contributed by atoms with Crippen molar-refractivity contribution in [1.29, 1.82) is 0 Å². The number of rotatable bonds is 4. The van der Waals surface area contributed by atoms with E-state index in [1.54, 1.807) is 18.2 Å². The Morgan fingerprint density at radius 1 is 1.40 bits per heavy atom. The van der Waals surface area contributed by atoms with Crippen molar-refractivity contribution in [3.8, 4) is 0 Å². The molecule has 1 aliphatic heterocycles. The Balaban J connectivity index is 1.83. The van der Waals surface area contributed by atoms with Gasteiger partial charge in [-0.05, 0) is 18.6 Å². The Bertz CT molecular complexity index is 550. The van der Waals surface area contributed by atoms with Crippen LogP contribution in [0.25, 0.3) is 0 Å². The number of benzene rings is 1. The average Bonchev–Trinajstić information content (AvgIpc) is 2.41. The first-order valence-electron chi connectivity index (χ1n) is 6.06. The SMILES string of the molecule is O=C1CCC(NC(=O)CSc2ccccc2F)C(=O)N1. The third kappa shape index (κ3) is 3.80. The number of hydrogen-bond donors (Lipinski definition) is 2. The summed E-state index contributed by atoms with van der Waals surface area (Å²) in [4.78, 5) is 34.5. The molecule has 1 fully saturated rings. The Morgan fingerprint density at radius 3 is 2.85 bits per heavy atom. The van der Waals surface area contributed by atoms with E-state index in [1.807, 2.05) is 0 Å². The Hall–Kier alpha value is -1.89. The van der Waals surface area contributed by atoms with E-state index in [9.17, 15) is 18.8 Å². The molecule has 1 aromatic rings. The molecule has 20 heavy (non-hydrogen) atoms. The monoisotopic (exact) mass is 296 g/mol. The van der Waals surface area contributed by atoms with Crippen LogP contribution in [0.1, 0.15) is 12.8 Å². The highest BCUT2D eigenvalue weighted by Gasteiger charge is 2.27. The first kappa shape index (κ1) is 14.5. The van der Waals surface area contributed by atoms with E-state index in [0.29, 0.717) is 11.3 Å². The van der Waals surface area contributed by atoms with Gasteiger partial charge in [0.2, 0.25) is 17.7 Å². The van der Waals surface area contributed by atoms with E-state index >= 15 is 0 Å². The summed E-state index contributed by atoms with van der Waals surface area (Å²) in [5.41, 5.74) is 0. The minimum absolute atomic E-state index is 0.0126. The summed E-state index contributed by atoms with van der Waals surface area (Å²) in [6, 6.07) is 5.47. The molecule has 0 spiro atoms. The van der Waals surface area contributed by atoms with Crippen LogP contribution in [0.2, 0.25) is 0 Å². The number of amides is 3. The van der Waals surface area contributed by atoms with Gasteiger partial charge in [0.1, 0.15) is 11.9 Å². The third-order valence-electron chi connectivity index (χ3n) is 2.77. The lowest BCUT2D eigenvalue weighted by Crippen LogP contribution is -2.52. The van der Waals surface area contributed by atoms with Crippen molar-refractivity contribution in [2.75, 3.05) is 5.75 Å². The van der Waals surface area contributed by atoms with Gasteiger partial charge in [0.05, 0.1) is 5.75 Å². The molecule has 1 atom stereocenters. The minimum Gasteiger partial charge on any atom is -0.344 e. The topological polar surface area (TPSA) is 75.3 Å². The van der Waals surface area contributed by atoms with Crippen molar-refractivity contribution in [2.24, 2.45) is 0 Å². The van der Waals surface area contributed by atoms with Crippen molar-refractivity contribution in [1.82, 2.24) is 10.6 Å². The van der Waals surface area contributed by atoms with Crippen molar-refractivity contribution in [2.45, 2.75) is 23.8 Å². The zero-order valence-electron chi connectivity index (χ0n) is 10.5. The fourth-order valence-electron chi connectivity index (χ4n) is 1.77. The molecule has 1 saturated heterocycles. The molecule has 0 aliphatic carbocycles. The molecule has 5 nitrogen and oxygen atoms in total. The highest BCUT2D eigenvalue weighted by atomic mass is 32.2. The summed E-state index contributed by atoms with van der Waals surface area (Å²) >= 11 is 1.06. The predicted molar refractivity (Wildman–Crippen MR) is 71.4 cm³/mol. The lowest BCUT2D eigenvalue weighted by molar-refractivity contribution is -0.136. The van der Waals surface area contributed by atoms with Gasteiger partial charge in [-0.25, -0.2) is 4.39 Å². The molecule has 0 radical (unpaired) electrons. The van der Waals surface area contributed by atoms with E-state index in [-0.39, 0.29) is 29.8 Å². The van der Waals surface area contributed by atoms with Crippen LogP contribution in [0, 0.1) is 5.82 Å². The van der Waals surface area contributed by atoms with Crippen molar-refractivity contribution in [3.05, 3.63) is 30.1 Å². The molecule has 2 rings (SSSR count). The second-order valence-electron chi connectivity index (χ2n) is 4.29. The summed E-state index contributed by atoms with van der Waals surface area (Å²) in [6.45, 7) is 0. The van der Waals surface area contributed by atoms with Gasteiger partial charge in [-0.1, -0.05) is 12.1 Å². The van der Waals surface area contributed by atoms with Gasteiger partial charge in [-0.3, -0.25) is 19.7 Å². The van der Waals surface area contributed by atoms with Crippen LogP contribution >= 0.6 is 11.8 Å². The predicted octanol–water partition coefficient (Wildman–Crippen LogP) is 0.839. The average molecular weight is 296 g/mol. The third-order valence-corrected chi connectivity index (χ3v) is 3.82. The zero-order valence-corrected chi connectivity index (χ0v) is 11.3. The lowest BCUT2D eigenvalue weighted by Gasteiger charge is -2.21. The first-order valence-corrected chi connectivity index (χ1v) is 7.05. The van der Waals surface area contributed by atoms with Gasteiger partial charge >= 0.3 is 0 Å². The number of nitrogens with one attached hydrogen (secondary N) is 2. The van der Waals surface area contributed by atoms with Gasteiger partial charge in [-0.15, -0.1) is 11.8 Å². The van der Waals surface area contributed by atoms with E-state index in [1.165, 1.54) is 6.07 Å². The Labute approximate surface area is 119 Å². The number of halogens is 1. The van der Waals surface area contributed by atoms with Crippen molar-refractivity contribution < 1.29 is 18.8 Å². The first-order chi connectivity index (χ1) is 9.56. The molecule has 1 heterocycles. The van der Waals surface area contributed by atoms with Gasteiger partial charge in [0.25, 0.3) is 0 Å².